The lowest BCUT2D eigenvalue weighted by atomic mass is 10.5. The van der Waals surface area contributed by atoms with Crippen LogP contribution in [0.25, 0.3) is 0 Å². The van der Waals surface area contributed by atoms with E-state index >= 15 is 0 Å². The first-order valence-corrected chi connectivity index (χ1v) is 7.43. The summed E-state index contributed by atoms with van der Waals surface area (Å²) < 4.78 is 38.8. The van der Waals surface area contributed by atoms with E-state index in [9.17, 15) is 12.8 Å². The molecule has 18 heavy (non-hydrogen) atoms. The van der Waals surface area contributed by atoms with Gasteiger partial charge in [0.15, 0.2) is 5.82 Å². The Morgan fingerprint density at radius 3 is 2.78 bits per heavy atom. The van der Waals surface area contributed by atoms with Crippen molar-refractivity contribution in [2.45, 2.75) is 11.6 Å². The Hall–Kier alpha value is -1.31. The van der Waals surface area contributed by atoms with Gasteiger partial charge in [-0.2, -0.15) is 4.31 Å². The highest BCUT2D eigenvalue weighted by Crippen LogP contribution is 2.19. The fraction of sp³-hybridized carbons (Fsp3) is 0.182. The molecule has 0 aliphatic heterocycles. The van der Waals surface area contributed by atoms with Crippen LogP contribution in [0, 0.1) is 5.82 Å². The zero-order valence-electron chi connectivity index (χ0n) is 9.58. The fourth-order valence-corrected chi connectivity index (χ4v) is 3.37. The minimum Gasteiger partial charge on any atom is -0.241 e. The van der Waals surface area contributed by atoms with E-state index in [0.29, 0.717) is 0 Å². The molecular formula is C11H11FN2O2S2. The molecule has 0 N–H and O–H groups in total. The van der Waals surface area contributed by atoms with E-state index < -0.39 is 20.9 Å². The summed E-state index contributed by atoms with van der Waals surface area (Å²) in [4.78, 5) is 4.49. The average Bonchev–Trinajstić information content (AvgIpc) is 2.82. The molecule has 0 saturated carbocycles. The highest BCUT2D eigenvalue weighted by Gasteiger charge is 2.25. The summed E-state index contributed by atoms with van der Waals surface area (Å²) in [6.07, 6.45) is 1.26. The SMILES string of the molecule is CN(Cc1cccs1)S(=O)(=O)c1ncccc1F. The van der Waals surface area contributed by atoms with Gasteiger partial charge in [-0.15, -0.1) is 11.3 Å². The minimum atomic E-state index is -3.89. The van der Waals surface area contributed by atoms with E-state index in [-0.39, 0.29) is 6.54 Å². The molecule has 0 unspecified atom stereocenters. The molecule has 7 heteroatoms. The lowest BCUT2D eigenvalue weighted by molar-refractivity contribution is 0.457. The van der Waals surface area contributed by atoms with Crippen molar-refractivity contribution in [3.63, 3.8) is 0 Å². The lowest BCUT2D eigenvalue weighted by Crippen LogP contribution is -2.27. The van der Waals surface area contributed by atoms with Gasteiger partial charge in [0.25, 0.3) is 10.0 Å². The average molecular weight is 286 g/mol. The van der Waals surface area contributed by atoms with Gasteiger partial charge in [-0.3, -0.25) is 0 Å². The van der Waals surface area contributed by atoms with Gasteiger partial charge in [0, 0.05) is 24.7 Å². The summed E-state index contributed by atoms with van der Waals surface area (Å²) in [6, 6.07) is 6.10. The van der Waals surface area contributed by atoms with E-state index in [0.717, 1.165) is 15.2 Å². The molecule has 0 bridgehead atoms. The zero-order chi connectivity index (χ0) is 13.2. The summed E-state index contributed by atoms with van der Waals surface area (Å²) in [5.41, 5.74) is 0. The third kappa shape index (κ3) is 2.58. The summed E-state index contributed by atoms with van der Waals surface area (Å²) in [5, 5.41) is 1.32. The highest BCUT2D eigenvalue weighted by molar-refractivity contribution is 7.89. The molecule has 0 amide bonds. The van der Waals surface area contributed by atoms with E-state index in [4.69, 9.17) is 0 Å². The van der Waals surface area contributed by atoms with Crippen molar-refractivity contribution in [1.29, 1.82) is 0 Å². The van der Waals surface area contributed by atoms with E-state index in [1.165, 1.54) is 30.6 Å². The molecule has 2 rings (SSSR count). The molecule has 2 aromatic rings. The van der Waals surface area contributed by atoms with Gasteiger partial charge >= 0.3 is 0 Å². The Morgan fingerprint density at radius 2 is 2.17 bits per heavy atom. The van der Waals surface area contributed by atoms with Crippen molar-refractivity contribution < 1.29 is 12.8 Å². The van der Waals surface area contributed by atoms with Crippen molar-refractivity contribution in [3.05, 3.63) is 46.5 Å². The largest absolute Gasteiger partial charge is 0.263 e. The van der Waals surface area contributed by atoms with Gasteiger partial charge in [-0.25, -0.2) is 17.8 Å². The first-order chi connectivity index (χ1) is 8.51. The number of aromatic nitrogens is 1. The Labute approximate surface area is 109 Å². The predicted octanol–water partition coefficient (Wildman–Crippen LogP) is 2.10. The number of hydrogen-bond acceptors (Lipinski definition) is 4. The first-order valence-electron chi connectivity index (χ1n) is 5.11. The van der Waals surface area contributed by atoms with Crippen LogP contribution in [0.3, 0.4) is 0 Å². The van der Waals surface area contributed by atoms with Crippen LogP contribution < -0.4 is 0 Å². The van der Waals surface area contributed by atoms with Crippen molar-refractivity contribution in [2.75, 3.05) is 7.05 Å². The van der Waals surface area contributed by atoms with Crippen LogP contribution >= 0.6 is 11.3 Å². The van der Waals surface area contributed by atoms with Crippen LogP contribution in [0.4, 0.5) is 4.39 Å². The molecule has 0 radical (unpaired) electrons. The number of halogens is 1. The molecule has 2 aromatic heterocycles. The van der Waals surface area contributed by atoms with Crippen LogP contribution in [0.5, 0.6) is 0 Å². The molecule has 0 fully saturated rings. The zero-order valence-corrected chi connectivity index (χ0v) is 11.2. The summed E-state index contributed by atoms with van der Waals surface area (Å²) in [7, 11) is -2.49. The molecule has 0 aliphatic carbocycles. The summed E-state index contributed by atoms with van der Waals surface area (Å²) >= 11 is 1.45. The number of hydrogen-bond donors (Lipinski definition) is 0. The number of rotatable bonds is 4. The molecule has 0 saturated heterocycles. The Balaban J connectivity index is 2.29. The molecule has 0 atom stereocenters. The normalized spacial score (nSPS) is 11.9. The van der Waals surface area contributed by atoms with Gasteiger partial charge < -0.3 is 0 Å². The second-order valence-corrected chi connectivity index (χ2v) is 6.62. The second-order valence-electron chi connectivity index (χ2n) is 3.63. The maximum Gasteiger partial charge on any atom is 0.263 e. The molecule has 0 spiro atoms. The number of pyridine rings is 1. The van der Waals surface area contributed by atoms with Crippen LogP contribution in [0.1, 0.15) is 4.88 Å². The smallest absolute Gasteiger partial charge is 0.241 e. The number of thiophene rings is 1. The highest BCUT2D eigenvalue weighted by atomic mass is 32.2. The van der Waals surface area contributed by atoms with Crippen molar-refractivity contribution in [1.82, 2.24) is 9.29 Å². The molecule has 0 aliphatic rings. The van der Waals surface area contributed by atoms with Gasteiger partial charge in [-0.05, 0) is 23.6 Å². The van der Waals surface area contributed by atoms with Crippen molar-refractivity contribution in [3.8, 4) is 0 Å². The maximum atomic E-state index is 13.5. The van der Waals surface area contributed by atoms with Crippen LogP contribution in [-0.2, 0) is 16.6 Å². The summed E-state index contributed by atoms with van der Waals surface area (Å²) in [6.45, 7) is 0.204. The van der Waals surface area contributed by atoms with Crippen LogP contribution in [-0.4, -0.2) is 24.8 Å². The van der Waals surface area contributed by atoms with Crippen molar-refractivity contribution in [2.24, 2.45) is 0 Å². The van der Waals surface area contributed by atoms with Crippen LogP contribution in [0.15, 0.2) is 40.9 Å². The maximum absolute atomic E-state index is 13.5. The van der Waals surface area contributed by atoms with Gasteiger partial charge in [0.05, 0.1) is 0 Å². The molecule has 2 heterocycles. The Morgan fingerprint density at radius 1 is 1.39 bits per heavy atom. The third-order valence-corrected chi connectivity index (χ3v) is 4.94. The van der Waals surface area contributed by atoms with Gasteiger partial charge in [0.1, 0.15) is 0 Å². The van der Waals surface area contributed by atoms with Crippen molar-refractivity contribution >= 4 is 21.4 Å². The number of sulfonamides is 1. The van der Waals surface area contributed by atoms with Gasteiger partial charge in [-0.1, -0.05) is 6.07 Å². The number of nitrogens with zero attached hydrogens (tertiary/aromatic N) is 2. The Bertz CT molecular complexity index is 626. The molecule has 4 nitrogen and oxygen atoms in total. The summed E-state index contributed by atoms with van der Waals surface area (Å²) in [5.74, 6) is -0.837. The second kappa shape index (κ2) is 5.13. The molecule has 0 aromatic carbocycles. The molecular weight excluding hydrogens is 275 g/mol. The predicted molar refractivity (Wildman–Crippen MR) is 67.2 cm³/mol. The molecule has 96 valence electrons. The first kappa shape index (κ1) is 13.1. The van der Waals surface area contributed by atoms with E-state index in [1.807, 2.05) is 17.5 Å². The van der Waals surface area contributed by atoms with Crippen LogP contribution in [0.2, 0.25) is 0 Å². The van der Waals surface area contributed by atoms with Gasteiger partial charge in [0.2, 0.25) is 5.03 Å². The quantitative estimate of drug-likeness (QED) is 0.865. The van der Waals surface area contributed by atoms with E-state index in [2.05, 4.69) is 4.98 Å². The standard InChI is InChI=1S/C11H11FN2O2S2/c1-14(8-9-4-3-7-17-9)18(15,16)11-10(12)5-2-6-13-11/h2-7H,8H2,1H3. The topological polar surface area (TPSA) is 50.3 Å². The lowest BCUT2D eigenvalue weighted by Gasteiger charge is -2.15. The third-order valence-electron chi connectivity index (χ3n) is 2.34. The minimum absolute atomic E-state index is 0.204. The Kier molecular flexibility index (Phi) is 3.74. The fourth-order valence-electron chi connectivity index (χ4n) is 1.42. The van der Waals surface area contributed by atoms with E-state index in [1.54, 1.807) is 0 Å². The monoisotopic (exact) mass is 286 g/mol.